The van der Waals surface area contributed by atoms with Crippen LogP contribution >= 0.6 is 11.6 Å². The van der Waals surface area contributed by atoms with Crippen molar-refractivity contribution in [3.8, 4) is 5.75 Å². The van der Waals surface area contributed by atoms with Gasteiger partial charge in [0, 0.05) is 5.02 Å². The number of nitrogens with one attached hydrogen (secondary N) is 1. The predicted octanol–water partition coefficient (Wildman–Crippen LogP) is 4.08. The van der Waals surface area contributed by atoms with Crippen molar-refractivity contribution < 1.29 is 17.9 Å². The van der Waals surface area contributed by atoms with Crippen molar-refractivity contribution in [2.45, 2.75) is 39.3 Å². The molecule has 1 N–H and O–H groups in total. The average Bonchev–Trinajstić information content (AvgIpc) is 2.67. The molecule has 2 aromatic carbocycles. The number of hydrogen-bond acceptors (Lipinski definition) is 4. The van der Waals surface area contributed by atoms with Gasteiger partial charge in [0.25, 0.3) is 0 Å². The Hall–Kier alpha value is -2.25. The summed E-state index contributed by atoms with van der Waals surface area (Å²) in [6.45, 7) is 5.34. The monoisotopic (exact) mass is 438 g/mol. The third-order valence-electron chi connectivity index (χ3n) is 4.74. The molecule has 0 aliphatic rings. The molecule has 0 bridgehead atoms. The molecule has 2 rings (SSSR count). The molecule has 8 heteroatoms. The fourth-order valence-electron chi connectivity index (χ4n) is 3.08. The van der Waals surface area contributed by atoms with Crippen LogP contribution < -0.4 is 14.4 Å². The van der Waals surface area contributed by atoms with Crippen molar-refractivity contribution >= 4 is 33.2 Å². The lowest BCUT2D eigenvalue weighted by Crippen LogP contribution is -2.48. The SMILES string of the molecule is CC[C@@H](NC(=O)[C@H](C)N(c1ccc(C)c(Cl)c1)S(C)(=O)=O)c1ccc(OC)cc1. The van der Waals surface area contributed by atoms with Crippen molar-refractivity contribution in [3.05, 3.63) is 58.6 Å². The number of sulfonamides is 1. The van der Waals surface area contributed by atoms with Gasteiger partial charge in [-0.25, -0.2) is 8.42 Å². The summed E-state index contributed by atoms with van der Waals surface area (Å²) in [7, 11) is -2.12. The fourth-order valence-corrected chi connectivity index (χ4v) is 4.42. The van der Waals surface area contributed by atoms with E-state index in [9.17, 15) is 13.2 Å². The number of halogens is 1. The summed E-state index contributed by atoms with van der Waals surface area (Å²) in [6, 6.07) is 11.1. The van der Waals surface area contributed by atoms with Crippen molar-refractivity contribution in [3.63, 3.8) is 0 Å². The molecule has 0 aromatic heterocycles. The standard InChI is InChI=1S/C21H27ClN2O4S/c1-6-20(16-8-11-18(28-4)12-9-16)23-21(25)15(3)24(29(5,26)27)17-10-7-14(2)19(22)13-17/h7-13,15,20H,6H2,1-5H3,(H,23,25)/t15-,20+/m0/s1. The maximum absolute atomic E-state index is 12.9. The number of amides is 1. The molecule has 0 aliphatic carbocycles. The molecule has 6 nitrogen and oxygen atoms in total. The molecule has 0 heterocycles. The first-order chi connectivity index (χ1) is 13.6. The van der Waals surface area contributed by atoms with Crippen LogP contribution in [0.2, 0.25) is 5.02 Å². The molecule has 0 aliphatic heterocycles. The van der Waals surface area contributed by atoms with E-state index in [4.69, 9.17) is 16.3 Å². The Balaban J connectivity index is 2.28. The third kappa shape index (κ3) is 5.64. The summed E-state index contributed by atoms with van der Waals surface area (Å²) >= 11 is 6.17. The van der Waals surface area contributed by atoms with Crippen molar-refractivity contribution in [2.75, 3.05) is 17.7 Å². The summed E-state index contributed by atoms with van der Waals surface area (Å²) in [5.74, 6) is 0.331. The number of nitrogens with zero attached hydrogens (tertiary/aromatic N) is 1. The number of ether oxygens (including phenoxy) is 1. The maximum atomic E-state index is 12.9. The number of hydrogen-bond donors (Lipinski definition) is 1. The summed E-state index contributed by atoms with van der Waals surface area (Å²) in [5, 5.41) is 3.39. The highest BCUT2D eigenvalue weighted by atomic mass is 35.5. The lowest BCUT2D eigenvalue weighted by atomic mass is 10.0. The molecule has 158 valence electrons. The van der Waals surface area contributed by atoms with E-state index in [1.54, 1.807) is 32.2 Å². The second-order valence-corrected chi connectivity index (χ2v) is 9.18. The highest BCUT2D eigenvalue weighted by Gasteiger charge is 2.30. The predicted molar refractivity (Wildman–Crippen MR) is 117 cm³/mol. The molecule has 2 atom stereocenters. The molecule has 2 aromatic rings. The Morgan fingerprint density at radius 1 is 1.21 bits per heavy atom. The van der Waals surface area contributed by atoms with Gasteiger partial charge in [-0.2, -0.15) is 0 Å². The molecule has 1 amide bonds. The van der Waals surface area contributed by atoms with Crippen molar-refractivity contribution in [1.82, 2.24) is 5.32 Å². The van der Waals surface area contributed by atoms with Crippen LogP contribution in [0.3, 0.4) is 0 Å². The number of methoxy groups -OCH3 is 1. The summed E-state index contributed by atoms with van der Waals surface area (Å²) in [6.07, 6.45) is 1.73. The van der Waals surface area contributed by atoms with Gasteiger partial charge in [-0.05, 0) is 55.7 Å². The number of benzene rings is 2. The molecule has 0 spiro atoms. The normalized spacial score (nSPS) is 13.4. The second-order valence-electron chi connectivity index (χ2n) is 6.91. The number of aryl methyl sites for hydroxylation is 1. The zero-order chi connectivity index (χ0) is 21.8. The highest BCUT2D eigenvalue weighted by molar-refractivity contribution is 7.92. The molecule has 29 heavy (non-hydrogen) atoms. The smallest absolute Gasteiger partial charge is 0.244 e. The molecular formula is C21H27ClN2O4S. The summed E-state index contributed by atoms with van der Waals surface area (Å²) < 4.78 is 31.2. The Morgan fingerprint density at radius 3 is 2.31 bits per heavy atom. The van der Waals surface area contributed by atoms with Gasteiger partial charge in [0.1, 0.15) is 11.8 Å². The average molecular weight is 439 g/mol. The van der Waals surface area contributed by atoms with Gasteiger partial charge in [0.2, 0.25) is 15.9 Å². The largest absolute Gasteiger partial charge is 0.497 e. The van der Waals surface area contributed by atoms with Crippen LogP contribution in [0, 0.1) is 6.92 Å². The van der Waals surface area contributed by atoms with Gasteiger partial charge in [-0.1, -0.05) is 36.7 Å². The Morgan fingerprint density at radius 2 is 1.83 bits per heavy atom. The molecule has 0 saturated carbocycles. The van der Waals surface area contributed by atoms with Crippen LogP contribution in [0.4, 0.5) is 5.69 Å². The Kier molecular flexibility index (Phi) is 7.54. The summed E-state index contributed by atoms with van der Waals surface area (Å²) in [4.78, 5) is 12.9. The van der Waals surface area contributed by atoms with Crippen molar-refractivity contribution in [2.24, 2.45) is 0 Å². The zero-order valence-corrected chi connectivity index (χ0v) is 18.8. The zero-order valence-electron chi connectivity index (χ0n) is 17.3. The van der Waals surface area contributed by atoms with E-state index >= 15 is 0 Å². The van der Waals surface area contributed by atoms with Crippen LogP contribution in [-0.4, -0.2) is 33.7 Å². The minimum Gasteiger partial charge on any atom is -0.497 e. The lowest BCUT2D eigenvalue weighted by molar-refractivity contribution is -0.122. The van der Waals surface area contributed by atoms with Crippen molar-refractivity contribution in [1.29, 1.82) is 0 Å². The van der Waals surface area contributed by atoms with Gasteiger partial charge in [0.15, 0.2) is 0 Å². The van der Waals surface area contributed by atoms with Gasteiger partial charge < -0.3 is 10.1 Å². The maximum Gasteiger partial charge on any atom is 0.244 e. The second kappa shape index (κ2) is 9.50. The minimum absolute atomic E-state index is 0.251. The number of anilines is 1. The van der Waals surface area contributed by atoms with E-state index in [0.717, 1.165) is 27.4 Å². The van der Waals surface area contributed by atoms with Crippen LogP contribution in [0.15, 0.2) is 42.5 Å². The van der Waals surface area contributed by atoms with E-state index in [0.29, 0.717) is 17.1 Å². The molecule has 0 fully saturated rings. The topological polar surface area (TPSA) is 75.7 Å². The molecular weight excluding hydrogens is 412 g/mol. The first-order valence-electron chi connectivity index (χ1n) is 9.28. The van der Waals surface area contributed by atoms with E-state index in [2.05, 4.69) is 5.32 Å². The number of carbonyl (C=O) groups is 1. The van der Waals surface area contributed by atoms with E-state index in [1.807, 2.05) is 38.1 Å². The van der Waals surface area contributed by atoms with E-state index < -0.39 is 22.0 Å². The van der Waals surface area contributed by atoms with Crippen LogP contribution in [0.5, 0.6) is 5.75 Å². The Labute approximate surface area is 177 Å². The highest BCUT2D eigenvalue weighted by Crippen LogP contribution is 2.27. The number of rotatable bonds is 8. The van der Waals surface area contributed by atoms with E-state index in [-0.39, 0.29) is 6.04 Å². The third-order valence-corrected chi connectivity index (χ3v) is 6.39. The molecule has 0 radical (unpaired) electrons. The van der Waals surface area contributed by atoms with E-state index in [1.165, 1.54) is 0 Å². The number of carbonyl (C=O) groups excluding carboxylic acids is 1. The first kappa shape index (κ1) is 23.0. The van der Waals surface area contributed by atoms with Crippen LogP contribution in [-0.2, 0) is 14.8 Å². The Bertz CT molecular complexity index is 961. The quantitative estimate of drug-likeness (QED) is 0.673. The van der Waals surface area contributed by atoms with Crippen LogP contribution in [0.25, 0.3) is 0 Å². The van der Waals surface area contributed by atoms with Gasteiger partial charge in [0.05, 0.1) is 25.1 Å². The molecule has 0 unspecified atom stereocenters. The van der Waals surface area contributed by atoms with Gasteiger partial charge >= 0.3 is 0 Å². The summed E-state index contributed by atoms with van der Waals surface area (Å²) in [5.41, 5.74) is 2.09. The fraction of sp³-hybridized carbons (Fsp3) is 0.381. The first-order valence-corrected chi connectivity index (χ1v) is 11.5. The minimum atomic E-state index is -3.71. The van der Waals surface area contributed by atoms with Gasteiger partial charge in [-0.15, -0.1) is 0 Å². The van der Waals surface area contributed by atoms with Gasteiger partial charge in [-0.3, -0.25) is 9.10 Å². The van der Waals surface area contributed by atoms with Crippen LogP contribution in [0.1, 0.15) is 37.4 Å². The molecule has 0 saturated heterocycles. The lowest BCUT2D eigenvalue weighted by Gasteiger charge is -2.30.